The van der Waals surface area contributed by atoms with E-state index in [9.17, 15) is 28.8 Å². The fraction of sp³-hybridized carbons (Fsp3) is 0.0769. The highest BCUT2D eigenvalue weighted by molar-refractivity contribution is 5.95. The molecule has 0 unspecified atom stereocenters. The van der Waals surface area contributed by atoms with Crippen molar-refractivity contribution < 1.29 is 58.7 Å². The first-order valence-electron chi connectivity index (χ1n) is 10.6. The summed E-state index contributed by atoms with van der Waals surface area (Å²) in [5.74, 6) is -5.30. The second kappa shape index (κ2) is 13.5. The van der Waals surface area contributed by atoms with Crippen molar-refractivity contribution in [3.63, 3.8) is 0 Å². The van der Waals surface area contributed by atoms with Gasteiger partial charge in [0.05, 0.1) is 33.4 Å². The molecule has 0 atom stereocenters. The lowest BCUT2D eigenvalue weighted by Crippen LogP contribution is -2.16. The lowest BCUT2D eigenvalue weighted by atomic mass is 10.1. The topological polar surface area (TPSA) is 202 Å². The van der Waals surface area contributed by atoms with Crippen molar-refractivity contribution in [1.29, 1.82) is 0 Å². The minimum Gasteiger partial charge on any atom is -0.478 e. The van der Waals surface area contributed by atoms with Crippen LogP contribution in [0.15, 0.2) is 72.8 Å². The molecule has 2 bridgehead atoms. The second-order valence-corrected chi connectivity index (χ2v) is 7.23. The third kappa shape index (κ3) is 8.61. The Labute approximate surface area is 214 Å². The van der Waals surface area contributed by atoms with Gasteiger partial charge in [0, 0.05) is 0 Å². The van der Waals surface area contributed by atoms with Crippen molar-refractivity contribution in [3.8, 4) is 0 Å². The van der Waals surface area contributed by atoms with Crippen LogP contribution in [0.3, 0.4) is 0 Å². The zero-order valence-corrected chi connectivity index (χ0v) is 19.4. The Bertz CT molecular complexity index is 1200. The number of hydrogen-bond acceptors (Lipinski definition) is 8. The predicted octanol–water partition coefficient (Wildman–Crippen LogP) is 3.18. The summed E-state index contributed by atoms with van der Waals surface area (Å²) in [7, 11) is 0. The normalized spacial score (nSPS) is 11.8. The quantitative estimate of drug-likeness (QED) is 0.364. The lowest BCUT2D eigenvalue weighted by Gasteiger charge is -2.09. The number of carbonyl (C=O) groups excluding carboxylic acids is 2. The molecule has 4 N–H and O–H groups in total. The Balaban J connectivity index is 0.000000201. The summed E-state index contributed by atoms with van der Waals surface area (Å²) in [6.45, 7) is 0.200. The van der Waals surface area contributed by atoms with E-state index in [4.69, 9.17) is 29.9 Å². The molecule has 0 fully saturated rings. The first-order chi connectivity index (χ1) is 18.0. The Kier molecular flexibility index (Phi) is 10.2. The molecule has 0 saturated heterocycles. The summed E-state index contributed by atoms with van der Waals surface area (Å²) in [5.41, 5.74) is 0.821. The van der Waals surface area contributed by atoms with Gasteiger partial charge in [-0.05, 0) is 60.7 Å². The van der Waals surface area contributed by atoms with Crippen molar-refractivity contribution in [1.82, 2.24) is 0 Å². The van der Waals surface area contributed by atoms with Crippen LogP contribution in [0.5, 0.6) is 0 Å². The molecule has 0 aliphatic carbocycles. The molecular formula is C26H20O12. The summed E-state index contributed by atoms with van der Waals surface area (Å²) >= 11 is 0. The molecule has 0 aromatic heterocycles. The molecule has 0 radical (unpaired) electrons. The van der Waals surface area contributed by atoms with Gasteiger partial charge in [-0.15, -0.1) is 0 Å². The fourth-order valence-corrected chi connectivity index (χ4v) is 2.75. The van der Waals surface area contributed by atoms with Crippen LogP contribution < -0.4 is 0 Å². The highest BCUT2D eigenvalue weighted by Crippen LogP contribution is 2.09. The molecule has 2 aliphatic heterocycles. The minimum absolute atomic E-state index is 0.0186. The van der Waals surface area contributed by atoms with Crippen LogP contribution in [0.1, 0.15) is 62.1 Å². The van der Waals surface area contributed by atoms with E-state index in [2.05, 4.69) is 0 Å². The van der Waals surface area contributed by atoms with E-state index in [1.54, 1.807) is 24.3 Å². The number of ether oxygens (including phenoxy) is 2. The van der Waals surface area contributed by atoms with Gasteiger partial charge < -0.3 is 29.9 Å². The monoisotopic (exact) mass is 524 g/mol. The molecular weight excluding hydrogens is 504 g/mol. The summed E-state index contributed by atoms with van der Waals surface area (Å²) in [6, 6.07) is 16.6. The van der Waals surface area contributed by atoms with Crippen LogP contribution in [-0.4, -0.2) is 69.5 Å². The largest absolute Gasteiger partial charge is 0.478 e. The zero-order valence-electron chi connectivity index (χ0n) is 19.4. The van der Waals surface area contributed by atoms with Gasteiger partial charge in [0.15, 0.2) is 0 Å². The molecule has 3 aromatic carbocycles. The maximum atomic E-state index is 11.3. The molecule has 0 amide bonds. The number of esters is 2. The van der Waals surface area contributed by atoms with Crippen molar-refractivity contribution in [2.45, 2.75) is 0 Å². The molecule has 0 spiro atoms. The summed E-state index contributed by atoms with van der Waals surface area (Å²) in [6.07, 6.45) is 0. The number of aromatic carboxylic acids is 4. The van der Waals surface area contributed by atoms with Crippen molar-refractivity contribution in [2.75, 3.05) is 13.2 Å². The van der Waals surface area contributed by atoms with Gasteiger partial charge in [0.2, 0.25) is 0 Å². The average molecular weight is 524 g/mol. The maximum Gasteiger partial charge on any atom is 0.338 e. The SMILES string of the molecule is O=C(O)c1cccc(C(=O)O)c1.O=C(O)c1cccc(C(=O)O)c1.O=C1OCCOC(=O)c2ccc1cc2. The van der Waals surface area contributed by atoms with Crippen LogP contribution in [0, 0.1) is 0 Å². The average Bonchev–Trinajstić information content (AvgIpc) is 2.91. The molecule has 3 aromatic rings. The summed E-state index contributed by atoms with van der Waals surface area (Å²) in [5, 5.41) is 34.0. The molecule has 196 valence electrons. The molecule has 12 nitrogen and oxygen atoms in total. The van der Waals surface area contributed by atoms with Crippen molar-refractivity contribution in [3.05, 3.63) is 106 Å². The molecule has 38 heavy (non-hydrogen) atoms. The first kappa shape index (κ1) is 28.7. The Hall–Kier alpha value is -5.52. The van der Waals surface area contributed by atoms with E-state index in [1.165, 1.54) is 36.4 Å². The van der Waals surface area contributed by atoms with Crippen molar-refractivity contribution >= 4 is 35.8 Å². The molecule has 2 heterocycles. The van der Waals surface area contributed by atoms with Crippen LogP contribution in [0.4, 0.5) is 0 Å². The summed E-state index contributed by atoms with van der Waals surface area (Å²) in [4.78, 5) is 64.0. The fourth-order valence-electron chi connectivity index (χ4n) is 2.75. The Morgan fingerprint density at radius 3 is 1.00 bits per heavy atom. The van der Waals surface area contributed by atoms with E-state index in [-0.39, 0.29) is 35.5 Å². The standard InChI is InChI=1S/C10H8O4.2C8H6O4/c11-9-7-1-2-8(4-3-7)10(12)14-6-5-13-9;2*9-7(10)5-2-1-3-6(4-5)8(11)12/h1-4H,5-6H2;2*1-4H,(H,9,10)(H,11,12). The molecule has 0 saturated carbocycles. The summed E-state index contributed by atoms with van der Waals surface area (Å²) < 4.78 is 9.66. The smallest absolute Gasteiger partial charge is 0.338 e. The van der Waals surface area contributed by atoms with Crippen LogP contribution in [-0.2, 0) is 9.47 Å². The van der Waals surface area contributed by atoms with E-state index in [1.807, 2.05) is 0 Å². The number of hydrogen-bond donors (Lipinski definition) is 4. The van der Waals surface area contributed by atoms with Crippen LogP contribution >= 0.6 is 0 Å². The maximum absolute atomic E-state index is 11.3. The van der Waals surface area contributed by atoms with Gasteiger partial charge in [-0.25, -0.2) is 28.8 Å². The van der Waals surface area contributed by atoms with E-state index in [0.29, 0.717) is 11.1 Å². The van der Waals surface area contributed by atoms with E-state index < -0.39 is 35.8 Å². The van der Waals surface area contributed by atoms with Gasteiger partial charge >= 0.3 is 35.8 Å². The third-order valence-electron chi connectivity index (χ3n) is 4.62. The first-order valence-corrected chi connectivity index (χ1v) is 10.6. The number of fused-ring (bicyclic) bond motifs is 7. The van der Waals surface area contributed by atoms with Gasteiger partial charge in [-0.2, -0.15) is 0 Å². The van der Waals surface area contributed by atoms with E-state index >= 15 is 0 Å². The van der Waals surface area contributed by atoms with Crippen molar-refractivity contribution in [2.24, 2.45) is 0 Å². The van der Waals surface area contributed by atoms with Gasteiger partial charge in [0.25, 0.3) is 0 Å². The number of carbonyl (C=O) groups is 6. The van der Waals surface area contributed by atoms with Gasteiger partial charge in [-0.1, -0.05) is 12.1 Å². The second-order valence-electron chi connectivity index (χ2n) is 7.23. The number of carboxylic acid groups (broad SMARTS) is 4. The number of carboxylic acids is 4. The minimum atomic E-state index is -1.13. The molecule has 12 heteroatoms. The zero-order chi connectivity index (χ0) is 28.2. The predicted molar refractivity (Wildman–Crippen MR) is 128 cm³/mol. The lowest BCUT2D eigenvalue weighted by molar-refractivity contribution is 0.0260. The van der Waals surface area contributed by atoms with Crippen LogP contribution in [0.2, 0.25) is 0 Å². The number of benzene rings is 3. The molecule has 2 aliphatic rings. The van der Waals surface area contributed by atoms with Gasteiger partial charge in [-0.3, -0.25) is 0 Å². The highest BCUT2D eigenvalue weighted by atomic mass is 16.6. The van der Waals surface area contributed by atoms with Crippen LogP contribution in [0.25, 0.3) is 0 Å². The van der Waals surface area contributed by atoms with Gasteiger partial charge in [0.1, 0.15) is 13.2 Å². The Morgan fingerprint density at radius 1 is 0.500 bits per heavy atom. The molecule has 5 rings (SSSR count). The Morgan fingerprint density at radius 2 is 0.763 bits per heavy atom. The third-order valence-corrected chi connectivity index (χ3v) is 4.62. The van der Waals surface area contributed by atoms with E-state index in [0.717, 1.165) is 12.1 Å². The highest BCUT2D eigenvalue weighted by Gasteiger charge is 2.13. The number of rotatable bonds is 4.